The molecule has 21 heavy (non-hydrogen) atoms. The Labute approximate surface area is 127 Å². The summed E-state index contributed by atoms with van der Waals surface area (Å²) < 4.78 is 0. The molecule has 2 rings (SSSR count). The van der Waals surface area contributed by atoms with Crippen LogP contribution in [-0.4, -0.2) is 16.5 Å². The molecule has 0 saturated heterocycles. The Balaban J connectivity index is 2.48. The number of nitrogens with zero attached hydrogens (tertiary/aromatic N) is 2. The van der Waals surface area contributed by atoms with Crippen molar-refractivity contribution >= 4 is 5.82 Å². The number of aromatic nitrogens is 2. The summed E-state index contributed by atoms with van der Waals surface area (Å²) in [6.45, 7) is 9.59. The third kappa shape index (κ3) is 3.60. The summed E-state index contributed by atoms with van der Waals surface area (Å²) in [4.78, 5) is 8.99. The van der Waals surface area contributed by atoms with Crippen molar-refractivity contribution in [3.8, 4) is 11.3 Å². The second kappa shape index (κ2) is 7.21. The van der Waals surface area contributed by atoms with E-state index in [1.165, 1.54) is 22.3 Å². The molecule has 3 heteroatoms. The molecule has 112 valence electrons. The minimum atomic E-state index is 0.945. The van der Waals surface area contributed by atoms with Crippen LogP contribution in [-0.2, 0) is 6.42 Å². The summed E-state index contributed by atoms with van der Waals surface area (Å²) in [5.74, 6) is 0.988. The van der Waals surface area contributed by atoms with Gasteiger partial charge >= 0.3 is 0 Å². The Bertz CT molecular complexity index is 605. The fourth-order valence-corrected chi connectivity index (χ4v) is 2.43. The minimum Gasteiger partial charge on any atom is -0.370 e. The summed E-state index contributed by atoms with van der Waals surface area (Å²) in [7, 11) is 0. The standard InChI is InChI=1S/C18H25N3/c1-5-7-16-17(15-9-8-13(3)14(4)11-15)20-12-21-18(16)19-10-6-2/h8-9,11-12H,5-7,10H2,1-4H3,(H,19,20,21). The van der Waals surface area contributed by atoms with Crippen LogP contribution in [0.1, 0.15) is 43.4 Å². The topological polar surface area (TPSA) is 37.8 Å². The van der Waals surface area contributed by atoms with Gasteiger partial charge in [0.25, 0.3) is 0 Å². The molecule has 2 aromatic rings. The second-order valence-corrected chi connectivity index (χ2v) is 5.53. The van der Waals surface area contributed by atoms with Gasteiger partial charge in [0.2, 0.25) is 0 Å². The van der Waals surface area contributed by atoms with Crippen LogP contribution in [0.2, 0.25) is 0 Å². The van der Waals surface area contributed by atoms with Crippen LogP contribution in [0.25, 0.3) is 11.3 Å². The highest BCUT2D eigenvalue weighted by Gasteiger charge is 2.12. The maximum absolute atomic E-state index is 4.56. The summed E-state index contributed by atoms with van der Waals surface area (Å²) in [5, 5.41) is 3.43. The zero-order chi connectivity index (χ0) is 15.2. The molecule has 0 aliphatic rings. The molecule has 0 aliphatic carbocycles. The molecule has 3 nitrogen and oxygen atoms in total. The molecule has 1 aromatic heterocycles. The van der Waals surface area contributed by atoms with Crippen LogP contribution in [0.4, 0.5) is 5.82 Å². The van der Waals surface area contributed by atoms with Gasteiger partial charge in [0.05, 0.1) is 5.69 Å². The van der Waals surface area contributed by atoms with Crippen LogP contribution in [0.3, 0.4) is 0 Å². The van der Waals surface area contributed by atoms with E-state index in [2.05, 4.69) is 61.2 Å². The Kier molecular flexibility index (Phi) is 5.32. The van der Waals surface area contributed by atoms with Gasteiger partial charge in [0.1, 0.15) is 12.1 Å². The van der Waals surface area contributed by atoms with E-state index in [1.807, 2.05) is 0 Å². The van der Waals surface area contributed by atoms with Crippen molar-refractivity contribution in [3.05, 3.63) is 41.2 Å². The first-order valence-electron chi connectivity index (χ1n) is 7.82. The van der Waals surface area contributed by atoms with Crippen LogP contribution in [0, 0.1) is 13.8 Å². The third-order valence-corrected chi connectivity index (χ3v) is 3.77. The lowest BCUT2D eigenvalue weighted by atomic mass is 9.99. The van der Waals surface area contributed by atoms with E-state index in [0.29, 0.717) is 0 Å². The van der Waals surface area contributed by atoms with Crippen LogP contribution in [0.5, 0.6) is 0 Å². The lowest BCUT2D eigenvalue weighted by molar-refractivity contribution is 0.892. The van der Waals surface area contributed by atoms with Crippen molar-refractivity contribution in [1.29, 1.82) is 0 Å². The van der Waals surface area contributed by atoms with Crippen molar-refractivity contribution in [3.63, 3.8) is 0 Å². The van der Waals surface area contributed by atoms with E-state index in [-0.39, 0.29) is 0 Å². The first kappa shape index (κ1) is 15.5. The zero-order valence-corrected chi connectivity index (χ0v) is 13.5. The number of benzene rings is 1. The van der Waals surface area contributed by atoms with Crippen LogP contribution >= 0.6 is 0 Å². The molecule has 1 heterocycles. The van der Waals surface area contributed by atoms with Gasteiger partial charge in [0, 0.05) is 17.7 Å². The van der Waals surface area contributed by atoms with Crippen molar-refractivity contribution in [2.45, 2.75) is 47.0 Å². The molecular weight excluding hydrogens is 258 g/mol. The molecule has 0 bridgehead atoms. The Morgan fingerprint density at radius 3 is 2.48 bits per heavy atom. The highest BCUT2D eigenvalue weighted by molar-refractivity contribution is 5.69. The summed E-state index contributed by atoms with van der Waals surface area (Å²) in [6.07, 6.45) is 4.84. The van der Waals surface area contributed by atoms with Gasteiger partial charge in [0.15, 0.2) is 0 Å². The van der Waals surface area contributed by atoms with Gasteiger partial charge in [-0.3, -0.25) is 0 Å². The monoisotopic (exact) mass is 283 g/mol. The Morgan fingerprint density at radius 2 is 1.81 bits per heavy atom. The normalized spacial score (nSPS) is 10.7. The summed E-state index contributed by atoms with van der Waals surface area (Å²) in [6, 6.07) is 6.55. The number of nitrogens with one attached hydrogen (secondary N) is 1. The number of anilines is 1. The number of hydrogen-bond donors (Lipinski definition) is 1. The second-order valence-electron chi connectivity index (χ2n) is 5.53. The van der Waals surface area contributed by atoms with E-state index < -0.39 is 0 Å². The fraction of sp³-hybridized carbons (Fsp3) is 0.444. The molecule has 0 atom stereocenters. The molecule has 0 amide bonds. The van der Waals surface area contributed by atoms with E-state index in [0.717, 1.165) is 37.3 Å². The van der Waals surface area contributed by atoms with Gasteiger partial charge in [-0.1, -0.05) is 32.4 Å². The molecule has 0 unspecified atom stereocenters. The SMILES string of the molecule is CCCNc1ncnc(-c2ccc(C)c(C)c2)c1CCC. The zero-order valence-electron chi connectivity index (χ0n) is 13.5. The molecule has 0 fully saturated rings. The summed E-state index contributed by atoms with van der Waals surface area (Å²) >= 11 is 0. The molecule has 0 spiro atoms. The van der Waals surface area contributed by atoms with Crippen molar-refractivity contribution < 1.29 is 0 Å². The Morgan fingerprint density at radius 1 is 1.00 bits per heavy atom. The first-order valence-corrected chi connectivity index (χ1v) is 7.82. The molecule has 0 radical (unpaired) electrons. The average molecular weight is 283 g/mol. The lowest BCUT2D eigenvalue weighted by Crippen LogP contribution is -2.08. The molecule has 0 aliphatic heterocycles. The third-order valence-electron chi connectivity index (χ3n) is 3.77. The quantitative estimate of drug-likeness (QED) is 0.846. The lowest BCUT2D eigenvalue weighted by Gasteiger charge is -2.14. The van der Waals surface area contributed by atoms with Gasteiger partial charge in [-0.2, -0.15) is 0 Å². The smallest absolute Gasteiger partial charge is 0.133 e. The predicted octanol–water partition coefficient (Wildman–Crippen LogP) is 4.53. The highest BCUT2D eigenvalue weighted by atomic mass is 15.0. The highest BCUT2D eigenvalue weighted by Crippen LogP contribution is 2.28. The average Bonchev–Trinajstić information content (AvgIpc) is 2.49. The summed E-state index contributed by atoms with van der Waals surface area (Å²) in [5.41, 5.74) is 6.10. The maximum Gasteiger partial charge on any atom is 0.133 e. The van der Waals surface area contributed by atoms with Crippen LogP contribution in [0.15, 0.2) is 24.5 Å². The van der Waals surface area contributed by atoms with E-state index in [4.69, 9.17) is 0 Å². The first-order chi connectivity index (χ1) is 10.2. The van der Waals surface area contributed by atoms with Crippen molar-refractivity contribution in [2.24, 2.45) is 0 Å². The molecule has 1 aromatic carbocycles. The number of rotatable bonds is 6. The Hall–Kier alpha value is -1.90. The largest absolute Gasteiger partial charge is 0.370 e. The van der Waals surface area contributed by atoms with E-state index in [9.17, 15) is 0 Å². The minimum absolute atomic E-state index is 0.945. The van der Waals surface area contributed by atoms with E-state index >= 15 is 0 Å². The molecule has 0 saturated carbocycles. The van der Waals surface area contributed by atoms with Gasteiger partial charge in [-0.25, -0.2) is 9.97 Å². The predicted molar refractivity (Wildman–Crippen MR) is 89.7 cm³/mol. The number of aryl methyl sites for hydroxylation is 2. The van der Waals surface area contributed by atoms with Gasteiger partial charge in [-0.05, 0) is 43.9 Å². The number of hydrogen-bond acceptors (Lipinski definition) is 3. The maximum atomic E-state index is 4.56. The van der Waals surface area contributed by atoms with Crippen molar-refractivity contribution in [2.75, 3.05) is 11.9 Å². The van der Waals surface area contributed by atoms with Crippen molar-refractivity contribution in [1.82, 2.24) is 9.97 Å². The molecule has 1 N–H and O–H groups in total. The van der Waals surface area contributed by atoms with Crippen LogP contribution < -0.4 is 5.32 Å². The van der Waals surface area contributed by atoms with E-state index in [1.54, 1.807) is 6.33 Å². The van der Waals surface area contributed by atoms with Gasteiger partial charge < -0.3 is 5.32 Å². The molecular formula is C18H25N3. The fourth-order valence-electron chi connectivity index (χ4n) is 2.43. The van der Waals surface area contributed by atoms with Gasteiger partial charge in [-0.15, -0.1) is 0 Å².